The third-order valence-electron chi connectivity index (χ3n) is 2.41. The van der Waals surface area contributed by atoms with Crippen LogP contribution in [0.2, 0.25) is 5.15 Å². The van der Waals surface area contributed by atoms with E-state index in [1.54, 1.807) is 0 Å². The van der Waals surface area contributed by atoms with Crippen LogP contribution in [0.1, 0.15) is 24.2 Å². The van der Waals surface area contributed by atoms with E-state index < -0.39 is 16.9 Å². The Kier molecular flexibility index (Phi) is 4.84. The van der Waals surface area contributed by atoms with Crippen LogP contribution in [0.4, 0.5) is 5.69 Å². The molecule has 6 nitrogen and oxygen atoms in total. The van der Waals surface area contributed by atoms with Crippen molar-refractivity contribution in [2.75, 3.05) is 0 Å². The summed E-state index contributed by atoms with van der Waals surface area (Å²) in [6.07, 6.45) is 6.28. The molecule has 0 radical (unpaired) electrons. The molecule has 1 unspecified atom stereocenters. The number of halogens is 1. The van der Waals surface area contributed by atoms with E-state index in [2.05, 4.69) is 16.2 Å². The maximum Gasteiger partial charge on any atom is 0.288 e. The summed E-state index contributed by atoms with van der Waals surface area (Å²) in [5, 5.41) is 13.1. The number of nitro groups is 1. The summed E-state index contributed by atoms with van der Waals surface area (Å²) in [5.74, 6) is 1.87. The molecule has 0 aliphatic rings. The summed E-state index contributed by atoms with van der Waals surface area (Å²) >= 11 is 5.76. The summed E-state index contributed by atoms with van der Waals surface area (Å²) in [7, 11) is 0. The van der Waals surface area contributed by atoms with Crippen LogP contribution in [0.3, 0.4) is 0 Å². The van der Waals surface area contributed by atoms with Crippen LogP contribution in [0.15, 0.2) is 12.3 Å². The predicted molar refractivity (Wildman–Crippen MR) is 70.8 cm³/mol. The zero-order chi connectivity index (χ0) is 14.6. The van der Waals surface area contributed by atoms with Crippen molar-refractivity contribution in [3.8, 4) is 12.3 Å². The molecule has 1 aromatic heterocycles. The largest absolute Gasteiger partial charge is 0.338 e. The second-order valence-electron chi connectivity index (χ2n) is 4.15. The molecule has 1 amide bonds. The fourth-order valence-electron chi connectivity index (χ4n) is 1.32. The highest BCUT2D eigenvalue weighted by molar-refractivity contribution is 6.32. The zero-order valence-electron chi connectivity index (χ0n) is 10.4. The number of carbonyl (C=O) groups excluding carboxylic acids is 1. The number of terminal acetylenes is 1. The van der Waals surface area contributed by atoms with Gasteiger partial charge >= 0.3 is 0 Å². The lowest BCUT2D eigenvalue weighted by Crippen LogP contribution is -2.37. The van der Waals surface area contributed by atoms with Crippen molar-refractivity contribution >= 4 is 23.2 Å². The maximum absolute atomic E-state index is 12.0. The summed E-state index contributed by atoms with van der Waals surface area (Å²) in [5.41, 5.74) is -0.381. The van der Waals surface area contributed by atoms with E-state index in [4.69, 9.17) is 18.0 Å². The first-order chi connectivity index (χ1) is 8.86. The molecule has 1 heterocycles. The number of rotatable bonds is 4. The molecule has 0 fully saturated rings. The highest BCUT2D eigenvalue weighted by atomic mass is 35.5. The van der Waals surface area contributed by atoms with Crippen LogP contribution in [0.5, 0.6) is 0 Å². The molecule has 0 aliphatic carbocycles. The monoisotopic (exact) mass is 281 g/mol. The Balaban J connectivity index is 3.03. The molecule has 1 rings (SSSR count). The van der Waals surface area contributed by atoms with Crippen LogP contribution in [-0.2, 0) is 0 Å². The van der Waals surface area contributed by atoms with E-state index in [1.165, 1.54) is 0 Å². The summed E-state index contributed by atoms with van der Waals surface area (Å²) in [6, 6.07) is 0.585. The standard InChI is InChI=1S/C12H12ClN3O3/c1-4-10(7(2)3)15-12(17)9-5-8(16(18)19)6-14-11(9)13/h1,5-7,10H,2-3H3,(H,15,17). The van der Waals surface area contributed by atoms with Crippen molar-refractivity contribution in [2.24, 2.45) is 5.92 Å². The molecule has 0 bridgehead atoms. The van der Waals surface area contributed by atoms with Crippen LogP contribution in [0.25, 0.3) is 0 Å². The first kappa shape index (κ1) is 14.9. The average Bonchev–Trinajstić information content (AvgIpc) is 2.35. The molecule has 1 aromatic rings. The Hall–Kier alpha value is -2.13. The Morgan fingerprint density at radius 3 is 2.74 bits per heavy atom. The van der Waals surface area contributed by atoms with Gasteiger partial charge in [-0.15, -0.1) is 6.42 Å². The number of pyridine rings is 1. The first-order valence-electron chi connectivity index (χ1n) is 5.43. The first-order valence-corrected chi connectivity index (χ1v) is 5.81. The Morgan fingerprint density at radius 2 is 2.26 bits per heavy atom. The van der Waals surface area contributed by atoms with Gasteiger partial charge in [-0.05, 0) is 5.92 Å². The number of nitrogens with zero attached hydrogens (tertiary/aromatic N) is 2. The topological polar surface area (TPSA) is 85.1 Å². The van der Waals surface area contributed by atoms with Crippen molar-refractivity contribution in [2.45, 2.75) is 19.9 Å². The molecule has 0 saturated carbocycles. The summed E-state index contributed by atoms with van der Waals surface area (Å²) in [4.78, 5) is 25.6. The van der Waals surface area contributed by atoms with Crippen LogP contribution >= 0.6 is 11.6 Å². The smallest absolute Gasteiger partial charge is 0.288 e. The average molecular weight is 282 g/mol. The van der Waals surface area contributed by atoms with E-state index in [1.807, 2.05) is 13.8 Å². The maximum atomic E-state index is 12.0. The SMILES string of the molecule is C#CC(NC(=O)c1cc([N+](=O)[O-])cnc1Cl)C(C)C. The lowest BCUT2D eigenvalue weighted by molar-refractivity contribution is -0.385. The van der Waals surface area contributed by atoms with Crippen LogP contribution < -0.4 is 5.32 Å². The molecule has 100 valence electrons. The Labute approximate surface area is 115 Å². The van der Waals surface area contributed by atoms with Gasteiger partial charge in [-0.3, -0.25) is 14.9 Å². The number of hydrogen-bond acceptors (Lipinski definition) is 4. The molecule has 0 spiro atoms. The van der Waals surface area contributed by atoms with Gasteiger partial charge in [0.15, 0.2) is 0 Å². The predicted octanol–water partition coefficient (Wildman–Crippen LogP) is 2.03. The molecule has 0 saturated heterocycles. The molecule has 19 heavy (non-hydrogen) atoms. The van der Waals surface area contributed by atoms with Gasteiger partial charge in [0.25, 0.3) is 11.6 Å². The molecular weight excluding hydrogens is 270 g/mol. The number of hydrogen-bond donors (Lipinski definition) is 1. The van der Waals surface area contributed by atoms with E-state index in [9.17, 15) is 14.9 Å². The summed E-state index contributed by atoms with van der Waals surface area (Å²) in [6.45, 7) is 3.69. The number of carbonyl (C=O) groups is 1. The number of amides is 1. The quantitative estimate of drug-likeness (QED) is 0.396. The van der Waals surface area contributed by atoms with Gasteiger partial charge in [-0.1, -0.05) is 31.4 Å². The van der Waals surface area contributed by atoms with Crippen LogP contribution in [0, 0.1) is 28.4 Å². The second-order valence-corrected chi connectivity index (χ2v) is 4.51. The van der Waals surface area contributed by atoms with Gasteiger partial charge in [0, 0.05) is 6.07 Å². The van der Waals surface area contributed by atoms with E-state index in [0.29, 0.717) is 0 Å². The summed E-state index contributed by atoms with van der Waals surface area (Å²) < 4.78 is 0. The number of aromatic nitrogens is 1. The van der Waals surface area contributed by atoms with E-state index in [0.717, 1.165) is 12.3 Å². The highest BCUT2D eigenvalue weighted by Crippen LogP contribution is 2.19. The highest BCUT2D eigenvalue weighted by Gasteiger charge is 2.20. The van der Waals surface area contributed by atoms with Gasteiger partial charge < -0.3 is 5.32 Å². The van der Waals surface area contributed by atoms with Gasteiger partial charge in [0.05, 0.1) is 16.5 Å². The zero-order valence-corrected chi connectivity index (χ0v) is 11.1. The van der Waals surface area contributed by atoms with Crippen molar-refractivity contribution in [3.05, 3.63) is 33.1 Å². The van der Waals surface area contributed by atoms with Gasteiger partial charge in [-0.25, -0.2) is 4.98 Å². The minimum absolute atomic E-state index is 0.0272. The van der Waals surface area contributed by atoms with Gasteiger partial charge in [-0.2, -0.15) is 0 Å². The third kappa shape index (κ3) is 3.66. The van der Waals surface area contributed by atoms with Crippen molar-refractivity contribution in [1.29, 1.82) is 0 Å². The minimum Gasteiger partial charge on any atom is -0.338 e. The van der Waals surface area contributed by atoms with Crippen LogP contribution in [-0.4, -0.2) is 21.9 Å². The molecule has 0 aromatic carbocycles. The fourth-order valence-corrected chi connectivity index (χ4v) is 1.51. The van der Waals surface area contributed by atoms with Gasteiger partial charge in [0.1, 0.15) is 11.3 Å². The van der Waals surface area contributed by atoms with E-state index >= 15 is 0 Å². The molecular formula is C12H12ClN3O3. The van der Waals surface area contributed by atoms with Crippen molar-refractivity contribution in [3.63, 3.8) is 0 Å². The molecule has 1 N–H and O–H groups in total. The normalized spacial score (nSPS) is 11.7. The minimum atomic E-state index is -0.652. The Morgan fingerprint density at radius 1 is 1.63 bits per heavy atom. The third-order valence-corrected chi connectivity index (χ3v) is 2.71. The van der Waals surface area contributed by atoms with Crippen molar-refractivity contribution in [1.82, 2.24) is 10.3 Å². The van der Waals surface area contributed by atoms with E-state index in [-0.39, 0.29) is 22.3 Å². The van der Waals surface area contributed by atoms with Gasteiger partial charge in [0.2, 0.25) is 0 Å². The number of nitrogens with one attached hydrogen (secondary N) is 1. The lowest BCUT2D eigenvalue weighted by atomic mass is 10.1. The molecule has 0 aliphatic heterocycles. The molecule has 7 heteroatoms. The van der Waals surface area contributed by atoms with Crippen molar-refractivity contribution < 1.29 is 9.72 Å². The second kappa shape index (κ2) is 6.16. The molecule has 1 atom stereocenters. The Bertz CT molecular complexity index is 552. The fraction of sp³-hybridized carbons (Fsp3) is 0.333. The lowest BCUT2D eigenvalue weighted by Gasteiger charge is -2.16.